The molecule has 5 rings (SSSR count). The molecule has 0 aliphatic carbocycles. The van der Waals surface area contributed by atoms with Crippen LogP contribution in [0.3, 0.4) is 0 Å². The Kier molecular flexibility index (Phi) is 5.77. The topological polar surface area (TPSA) is 94.3 Å². The molecule has 0 saturated heterocycles. The van der Waals surface area contributed by atoms with Gasteiger partial charge in [-0.15, -0.1) is 15.3 Å². The van der Waals surface area contributed by atoms with Crippen molar-refractivity contribution in [1.29, 1.82) is 0 Å². The van der Waals surface area contributed by atoms with Crippen LogP contribution in [-0.4, -0.2) is 37.4 Å². The highest BCUT2D eigenvalue weighted by Crippen LogP contribution is 2.37. The number of carbonyl (C=O) groups is 1. The number of thiazole rings is 1. The maximum absolute atomic E-state index is 13.3. The number of anilines is 2. The van der Waals surface area contributed by atoms with Crippen LogP contribution >= 0.6 is 11.3 Å². The number of aryl methyl sites for hydroxylation is 2. The van der Waals surface area contributed by atoms with E-state index in [0.717, 1.165) is 26.7 Å². The lowest BCUT2D eigenvalue weighted by atomic mass is 9.95. The molecule has 2 aromatic carbocycles. The van der Waals surface area contributed by atoms with E-state index in [-0.39, 0.29) is 18.0 Å². The summed E-state index contributed by atoms with van der Waals surface area (Å²) in [5, 5.41) is 16.6. The van der Waals surface area contributed by atoms with E-state index in [1.807, 2.05) is 74.5 Å². The smallest absolute Gasteiger partial charge is 0.342 e. The van der Waals surface area contributed by atoms with Crippen LogP contribution in [0.5, 0.6) is 0 Å². The van der Waals surface area contributed by atoms with E-state index in [9.17, 15) is 4.79 Å². The monoisotopic (exact) mass is 470 g/mol. The van der Waals surface area contributed by atoms with Crippen molar-refractivity contribution >= 4 is 34.0 Å². The molecule has 1 N–H and O–H groups in total. The molecule has 5 aromatic rings. The predicted octanol–water partition coefficient (Wildman–Crippen LogP) is 5.45. The summed E-state index contributed by atoms with van der Waals surface area (Å²) in [6, 6.07) is 19.3. The third-order valence-corrected chi connectivity index (χ3v) is 6.49. The first-order valence-electron chi connectivity index (χ1n) is 10.8. The van der Waals surface area contributed by atoms with E-state index >= 15 is 0 Å². The minimum absolute atomic E-state index is 0.229. The van der Waals surface area contributed by atoms with Crippen LogP contribution in [0.1, 0.15) is 27.9 Å². The lowest BCUT2D eigenvalue weighted by Gasteiger charge is -2.16. The molecular weight excluding hydrogens is 448 g/mol. The molecule has 0 unspecified atom stereocenters. The second-order valence-electron chi connectivity index (χ2n) is 7.60. The first-order chi connectivity index (χ1) is 16.6. The molecule has 0 spiro atoms. The van der Waals surface area contributed by atoms with Gasteiger partial charge in [-0.1, -0.05) is 72.0 Å². The van der Waals surface area contributed by atoms with E-state index in [1.165, 1.54) is 0 Å². The van der Waals surface area contributed by atoms with Gasteiger partial charge in [-0.05, 0) is 26.3 Å². The van der Waals surface area contributed by atoms with Crippen molar-refractivity contribution < 1.29 is 9.53 Å². The van der Waals surface area contributed by atoms with Gasteiger partial charge in [0.05, 0.1) is 12.3 Å². The Bertz CT molecular complexity index is 1480. The molecule has 0 aliphatic heterocycles. The van der Waals surface area contributed by atoms with E-state index in [4.69, 9.17) is 4.74 Å². The molecule has 3 aromatic heterocycles. The molecule has 0 aliphatic rings. The van der Waals surface area contributed by atoms with Gasteiger partial charge in [0.2, 0.25) is 10.9 Å². The van der Waals surface area contributed by atoms with Gasteiger partial charge < -0.3 is 10.1 Å². The van der Waals surface area contributed by atoms with E-state index in [1.54, 1.807) is 22.8 Å². The quantitative estimate of drug-likeness (QED) is 0.330. The van der Waals surface area contributed by atoms with E-state index < -0.39 is 5.97 Å². The minimum atomic E-state index is -0.496. The number of esters is 1. The number of nitrogens with one attached hydrogen (secondary N) is 1. The average Bonchev–Trinajstić information content (AvgIpc) is 3.37. The third-order valence-electron chi connectivity index (χ3n) is 5.44. The van der Waals surface area contributed by atoms with Gasteiger partial charge in [-0.2, -0.15) is 4.98 Å². The Hall–Kier alpha value is -4.11. The number of hydrogen-bond donors (Lipinski definition) is 1. The van der Waals surface area contributed by atoms with Crippen molar-refractivity contribution in [3.63, 3.8) is 0 Å². The molecule has 34 heavy (non-hydrogen) atoms. The number of rotatable bonds is 6. The Morgan fingerprint density at radius 2 is 1.68 bits per heavy atom. The molecule has 0 amide bonds. The van der Waals surface area contributed by atoms with Crippen molar-refractivity contribution in [2.75, 3.05) is 11.9 Å². The fraction of sp³-hybridized carbons (Fsp3) is 0.160. The van der Waals surface area contributed by atoms with Crippen molar-refractivity contribution in [2.24, 2.45) is 0 Å². The number of hydrogen-bond acceptors (Lipinski definition) is 8. The van der Waals surface area contributed by atoms with Crippen molar-refractivity contribution in [2.45, 2.75) is 20.8 Å². The summed E-state index contributed by atoms with van der Waals surface area (Å²) < 4.78 is 7.22. The fourth-order valence-electron chi connectivity index (χ4n) is 3.71. The van der Waals surface area contributed by atoms with Gasteiger partial charge in [-0.25, -0.2) is 9.31 Å². The molecule has 9 heteroatoms. The van der Waals surface area contributed by atoms with Gasteiger partial charge in [0.15, 0.2) is 5.82 Å². The SMILES string of the molecule is CCOC(=O)c1c(Nc2nc3sc(C)c(C)n3n2)nnc(-c2ccccc2)c1-c1ccccc1. The van der Waals surface area contributed by atoms with Gasteiger partial charge in [0.1, 0.15) is 11.3 Å². The van der Waals surface area contributed by atoms with Crippen LogP contribution in [0.4, 0.5) is 11.8 Å². The summed E-state index contributed by atoms with van der Waals surface area (Å²) in [6.07, 6.45) is 0. The number of benzene rings is 2. The second kappa shape index (κ2) is 9.03. The van der Waals surface area contributed by atoms with Crippen LogP contribution in [0, 0.1) is 13.8 Å². The Labute approximate surface area is 200 Å². The predicted molar refractivity (Wildman–Crippen MR) is 132 cm³/mol. The zero-order valence-electron chi connectivity index (χ0n) is 18.9. The average molecular weight is 471 g/mol. The summed E-state index contributed by atoms with van der Waals surface area (Å²) in [6.45, 7) is 6.02. The second-order valence-corrected chi connectivity index (χ2v) is 8.78. The highest BCUT2D eigenvalue weighted by Gasteiger charge is 2.26. The van der Waals surface area contributed by atoms with Crippen LogP contribution in [0.2, 0.25) is 0 Å². The lowest BCUT2D eigenvalue weighted by Crippen LogP contribution is -2.14. The Balaban J connectivity index is 1.72. The van der Waals surface area contributed by atoms with Crippen LogP contribution in [0.25, 0.3) is 27.3 Å². The minimum Gasteiger partial charge on any atom is -0.462 e. The summed E-state index contributed by atoms with van der Waals surface area (Å²) >= 11 is 1.55. The molecular formula is C25H22N6O2S. The summed E-state index contributed by atoms with van der Waals surface area (Å²) in [7, 11) is 0. The van der Waals surface area contributed by atoms with E-state index in [2.05, 4.69) is 25.6 Å². The van der Waals surface area contributed by atoms with Crippen molar-refractivity contribution in [3.05, 3.63) is 76.8 Å². The van der Waals surface area contributed by atoms with Crippen LogP contribution in [-0.2, 0) is 4.74 Å². The lowest BCUT2D eigenvalue weighted by molar-refractivity contribution is 0.0528. The number of carbonyl (C=O) groups excluding carboxylic acids is 1. The van der Waals surface area contributed by atoms with Crippen molar-refractivity contribution in [1.82, 2.24) is 24.8 Å². The summed E-state index contributed by atoms with van der Waals surface area (Å²) in [4.78, 5) is 19.7. The number of ether oxygens (including phenoxy) is 1. The summed E-state index contributed by atoms with van der Waals surface area (Å²) in [5.74, 6) is 0.0780. The largest absolute Gasteiger partial charge is 0.462 e. The van der Waals surface area contributed by atoms with Gasteiger partial charge in [0, 0.05) is 16.0 Å². The number of fused-ring (bicyclic) bond motifs is 1. The first kappa shape index (κ1) is 21.7. The highest BCUT2D eigenvalue weighted by atomic mass is 32.1. The maximum atomic E-state index is 13.3. The van der Waals surface area contributed by atoms with Gasteiger partial charge in [-0.3, -0.25) is 0 Å². The molecule has 8 nitrogen and oxygen atoms in total. The molecule has 0 saturated carbocycles. The maximum Gasteiger partial charge on any atom is 0.342 e. The van der Waals surface area contributed by atoms with Crippen molar-refractivity contribution in [3.8, 4) is 22.4 Å². The molecule has 0 bridgehead atoms. The zero-order valence-corrected chi connectivity index (χ0v) is 19.8. The standard InChI is InChI=1S/C25H22N6O2S/c1-4-33-23(32)20-19(17-11-7-5-8-12-17)21(18-13-9-6-10-14-18)28-29-22(20)26-24-27-25-31(30-24)15(2)16(3)34-25/h5-14H,4H2,1-3H3,(H,26,29,30). The van der Waals surface area contributed by atoms with E-state index in [0.29, 0.717) is 17.2 Å². The van der Waals surface area contributed by atoms with Crippen LogP contribution in [0.15, 0.2) is 60.7 Å². The highest BCUT2D eigenvalue weighted by molar-refractivity contribution is 7.17. The summed E-state index contributed by atoms with van der Waals surface area (Å²) in [5.41, 5.74) is 4.20. The zero-order chi connectivity index (χ0) is 23.7. The Morgan fingerprint density at radius 1 is 1.00 bits per heavy atom. The fourth-order valence-corrected chi connectivity index (χ4v) is 4.62. The number of nitrogens with zero attached hydrogens (tertiary/aromatic N) is 5. The molecule has 0 radical (unpaired) electrons. The third kappa shape index (κ3) is 3.90. The van der Waals surface area contributed by atoms with Gasteiger partial charge in [0.25, 0.3) is 0 Å². The molecule has 3 heterocycles. The molecule has 170 valence electrons. The Morgan fingerprint density at radius 3 is 2.32 bits per heavy atom. The molecule has 0 atom stereocenters. The molecule has 0 fully saturated rings. The first-order valence-corrected chi connectivity index (χ1v) is 11.7. The number of aromatic nitrogens is 5. The normalized spacial score (nSPS) is 11.0. The van der Waals surface area contributed by atoms with Gasteiger partial charge >= 0.3 is 5.97 Å². The van der Waals surface area contributed by atoms with Crippen LogP contribution < -0.4 is 5.32 Å².